The van der Waals surface area contributed by atoms with Crippen molar-refractivity contribution in [1.82, 2.24) is 10.2 Å². The van der Waals surface area contributed by atoms with E-state index in [1.807, 2.05) is 0 Å². The van der Waals surface area contributed by atoms with Gasteiger partial charge in [-0.1, -0.05) is 33.6 Å². The van der Waals surface area contributed by atoms with Crippen molar-refractivity contribution in [3.05, 3.63) is 0 Å². The van der Waals surface area contributed by atoms with Gasteiger partial charge in [-0.05, 0) is 56.7 Å². The molecule has 1 heterocycles. The van der Waals surface area contributed by atoms with E-state index in [1.165, 1.54) is 51.7 Å². The van der Waals surface area contributed by atoms with Crippen LogP contribution in [0.4, 0.5) is 0 Å². The summed E-state index contributed by atoms with van der Waals surface area (Å²) in [7, 11) is 2.25. The van der Waals surface area contributed by atoms with Gasteiger partial charge in [0.15, 0.2) is 0 Å². The van der Waals surface area contributed by atoms with Gasteiger partial charge in [0.05, 0.1) is 0 Å². The van der Waals surface area contributed by atoms with Gasteiger partial charge in [-0.3, -0.25) is 0 Å². The number of nitrogens with one attached hydrogen (secondary N) is 1. The molecule has 2 aliphatic rings. The minimum atomic E-state index is 0.463. The first kappa shape index (κ1) is 14.3. The van der Waals surface area contributed by atoms with Gasteiger partial charge in [0.25, 0.3) is 0 Å². The van der Waals surface area contributed by atoms with Crippen LogP contribution >= 0.6 is 0 Å². The fourth-order valence-corrected chi connectivity index (χ4v) is 3.92. The van der Waals surface area contributed by atoms with E-state index in [2.05, 4.69) is 38.0 Å². The highest BCUT2D eigenvalue weighted by atomic mass is 15.1. The molecule has 3 atom stereocenters. The van der Waals surface area contributed by atoms with Crippen molar-refractivity contribution in [3.8, 4) is 0 Å². The highest BCUT2D eigenvalue weighted by molar-refractivity contribution is 4.89. The molecule has 0 aromatic rings. The maximum atomic E-state index is 3.91. The third-order valence-electron chi connectivity index (χ3n) is 5.04. The predicted octanol–water partition coefficient (Wildman–Crippen LogP) is 3.13. The molecule has 0 radical (unpaired) electrons. The van der Waals surface area contributed by atoms with Crippen molar-refractivity contribution in [1.29, 1.82) is 0 Å². The molecule has 0 bridgehead atoms. The van der Waals surface area contributed by atoms with Crippen LogP contribution in [0.5, 0.6) is 0 Å². The first-order chi connectivity index (χ1) is 8.47. The molecule has 18 heavy (non-hydrogen) atoms. The number of hydrogen-bond donors (Lipinski definition) is 1. The monoisotopic (exact) mass is 252 g/mol. The summed E-state index contributed by atoms with van der Waals surface area (Å²) in [6.07, 6.45) is 7.06. The molecule has 2 fully saturated rings. The maximum Gasteiger partial charge on any atom is 0.0100 e. The lowest BCUT2D eigenvalue weighted by Gasteiger charge is -2.41. The molecule has 1 saturated heterocycles. The molecule has 1 aliphatic carbocycles. The average molecular weight is 252 g/mol. The van der Waals surface area contributed by atoms with E-state index in [1.54, 1.807) is 0 Å². The zero-order chi connectivity index (χ0) is 13.2. The minimum Gasteiger partial charge on any atom is -0.313 e. The summed E-state index contributed by atoms with van der Waals surface area (Å²) in [4.78, 5) is 2.47. The maximum absolute atomic E-state index is 3.91. The van der Waals surface area contributed by atoms with Gasteiger partial charge in [-0.15, -0.1) is 0 Å². The van der Waals surface area contributed by atoms with Crippen LogP contribution in [-0.2, 0) is 0 Å². The standard InChI is InChI=1S/C16H32N2/c1-16(2,3)14-7-5-6-8-15(14)17-11-13-9-10-18(4)12-13/h13-15,17H,5-12H2,1-4H3. The summed E-state index contributed by atoms with van der Waals surface area (Å²) < 4.78 is 0. The average Bonchev–Trinajstić information content (AvgIpc) is 2.72. The van der Waals surface area contributed by atoms with E-state index < -0.39 is 0 Å². The highest BCUT2D eigenvalue weighted by Gasteiger charge is 2.34. The molecule has 2 rings (SSSR count). The van der Waals surface area contributed by atoms with E-state index >= 15 is 0 Å². The van der Waals surface area contributed by atoms with E-state index in [-0.39, 0.29) is 0 Å². The van der Waals surface area contributed by atoms with Crippen molar-refractivity contribution in [2.24, 2.45) is 17.3 Å². The van der Waals surface area contributed by atoms with Crippen LogP contribution in [0.2, 0.25) is 0 Å². The summed E-state index contributed by atoms with van der Waals surface area (Å²) in [5.74, 6) is 1.75. The Kier molecular flexibility index (Phi) is 4.71. The Labute approximate surface area is 114 Å². The Bertz CT molecular complexity index is 256. The van der Waals surface area contributed by atoms with Crippen LogP contribution in [0.1, 0.15) is 52.9 Å². The summed E-state index contributed by atoms with van der Waals surface area (Å²) in [5, 5.41) is 3.91. The van der Waals surface area contributed by atoms with Crippen molar-refractivity contribution in [3.63, 3.8) is 0 Å². The summed E-state index contributed by atoms with van der Waals surface area (Å²) >= 11 is 0. The van der Waals surface area contributed by atoms with Crippen LogP contribution in [0, 0.1) is 17.3 Å². The molecule has 1 aliphatic heterocycles. The lowest BCUT2D eigenvalue weighted by molar-refractivity contribution is 0.128. The Morgan fingerprint density at radius 1 is 1.11 bits per heavy atom. The van der Waals surface area contributed by atoms with Gasteiger partial charge in [-0.25, -0.2) is 0 Å². The largest absolute Gasteiger partial charge is 0.313 e. The molecule has 0 aromatic carbocycles. The van der Waals surface area contributed by atoms with Gasteiger partial charge in [0.1, 0.15) is 0 Å². The molecule has 0 aromatic heterocycles. The molecule has 0 amide bonds. The summed E-state index contributed by atoms with van der Waals surface area (Å²) in [6, 6.07) is 0.768. The molecule has 2 heteroatoms. The van der Waals surface area contributed by atoms with Crippen LogP contribution in [0.15, 0.2) is 0 Å². The Morgan fingerprint density at radius 2 is 1.83 bits per heavy atom. The molecular formula is C16H32N2. The zero-order valence-electron chi connectivity index (χ0n) is 12.8. The first-order valence-corrected chi connectivity index (χ1v) is 7.89. The second kappa shape index (κ2) is 5.92. The van der Waals surface area contributed by atoms with Crippen molar-refractivity contribution in [2.75, 3.05) is 26.7 Å². The molecular weight excluding hydrogens is 220 g/mol. The van der Waals surface area contributed by atoms with Crippen molar-refractivity contribution >= 4 is 0 Å². The highest BCUT2D eigenvalue weighted by Crippen LogP contribution is 2.38. The third kappa shape index (κ3) is 3.71. The Hall–Kier alpha value is -0.0800. The molecule has 3 unspecified atom stereocenters. The van der Waals surface area contributed by atoms with Crippen LogP contribution in [-0.4, -0.2) is 37.6 Å². The second-order valence-corrected chi connectivity index (χ2v) is 7.69. The number of likely N-dealkylation sites (tertiary alicyclic amines) is 1. The number of rotatable bonds is 3. The quantitative estimate of drug-likeness (QED) is 0.830. The fourth-order valence-electron chi connectivity index (χ4n) is 3.92. The smallest absolute Gasteiger partial charge is 0.0100 e. The van der Waals surface area contributed by atoms with Gasteiger partial charge in [0.2, 0.25) is 0 Å². The van der Waals surface area contributed by atoms with Gasteiger partial charge in [-0.2, -0.15) is 0 Å². The van der Waals surface area contributed by atoms with E-state index in [9.17, 15) is 0 Å². The third-order valence-corrected chi connectivity index (χ3v) is 5.04. The fraction of sp³-hybridized carbons (Fsp3) is 1.00. The van der Waals surface area contributed by atoms with Crippen LogP contribution in [0.25, 0.3) is 0 Å². The normalized spacial score (nSPS) is 35.0. The lowest BCUT2D eigenvalue weighted by atomic mass is 9.69. The Balaban J connectivity index is 1.82. The lowest BCUT2D eigenvalue weighted by Crippen LogP contribution is -2.46. The van der Waals surface area contributed by atoms with Gasteiger partial charge >= 0.3 is 0 Å². The molecule has 106 valence electrons. The molecule has 1 N–H and O–H groups in total. The van der Waals surface area contributed by atoms with Gasteiger partial charge in [0, 0.05) is 12.6 Å². The van der Waals surface area contributed by atoms with Crippen molar-refractivity contribution < 1.29 is 0 Å². The first-order valence-electron chi connectivity index (χ1n) is 7.89. The SMILES string of the molecule is CN1CCC(CNC2CCCCC2C(C)(C)C)C1. The van der Waals surface area contributed by atoms with E-state index in [0.717, 1.165) is 17.9 Å². The minimum absolute atomic E-state index is 0.463. The zero-order valence-corrected chi connectivity index (χ0v) is 12.8. The molecule has 0 spiro atoms. The van der Waals surface area contributed by atoms with Crippen molar-refractivity contribution in [2.45, 2.75) is 58.9 Å². The number of nitrogens with zero attached hydrogens (tertiary/aromatic N) is 1. The predicted molar refractivity (Wildman–Crippen MR) is 78.8 cm³/mol. The van der Waals surface area contributed by atoms with Crippen LogP contribution < -0.4 is 5.32 Å². The van der Waals surface area contributed by atoms with Gasteiger partial charge < -0.3 is 10.2 Å². The Morgan fingerprint density at radius 3 is 2.44 bits per heavy atom. The molecule has 1 saturated carbocycles. The van der Waals surface area contributed by atoms with E-state index in [4.69, 9.17) is 0 Å². The van der Waals surface area contributed by atoms with E-state index in [0.29, 0.717) is 5.41 Å². The topological polar surface area (TPSA) is 15.3 Å². The summed E-state index contributed by atoms with van der Waals surface area (Å²) in [6.45, 7) is 11.1. The molecule has 2 nitrogen and oxygen atoms in total. The number of hydrogen-bond acceptors (Lipinski definition) is 2. The second-order valence-electron chi connectivity index (χ2n) is 7.69. The summed E-state index contributed by atoms with van der Waals surface area (Å²) in [5.41, 5.74) is 0.463. The van der Waals surface area contributed by atoms with Crippen LogP contribution in [0.3, 0.4) is 0 Å².